The number of methoxy groups -OCH3 is 2. The molecule has 1 unspecified atom stereocenters. The van der Waals surface area contributed by atoms with E-state index in [1.165, 1.54) is 14.2 Å². The molecule has 0 amide bonds. The van der Waals surface area contributed by atoms with E-state index in [4.69, 9.17) is 5.73 Å². The van der Waals surface area contributed by atoms with Gasteiger partial charge in [0.1, 0.15) is 6.23 Å². The summed E-state index contributed by atoms with van der Waals surface area (Å²) in [4.78, 5) is 10.4. The maximum atomic E-state index is 10.4. The summed E-state index contributed by atoms with van der Waals surface area (Å²) >= 11 is 0. The fourth-order valence-corrected chi connectivity index (χ4v) is 0.331. The van der Waals surface area contributed by atoms with Gasteiger partial charge in [0.2, 0.25) is 0 Å². The number of carbonyl (C=O) groups excluding carboxylic acids is 1. The summed E-state index contributed by atoms with van der Waals surface area (Å²) < 4.78 is 8.92. The first-order chi connectivity index (χ1) is 4.20. The van der Waals surface area contributed by atoms with Crippen molar-refractivity contribution in [2.24, 2.45) is 5.73 Å². The first-order valence-corrected chi connectivity index (χ1v) is 2.56. The second kappa shape index (κ2) is 4.29. The zero-order valence-corrected chi connectivity index (χ0v) is 5.59. The maximum Gasteiger partial charge on any atom is 0.309 e. The molecule has 0 saturated heterocycles. The van der Waals surface area contributed by atoms with Crippen LogP contribution >= 0.6 is 0 Å². The zero-order valence-electron chi connectivity index (χ0n) is 5.59. The lowest BCUT2D eigenvalue weighted by Gasteiger charge is -2.05. The largest absolute Gasteiger partial charge is 0.469 e. The van der Waals surface area contributed by atoms with Gasteiger partial charge >= 0.3 is 5.97 Å². The first-order valence-electron chi connectivity index (χ1n) is 2.56. The molecule has 0 aliphatic heterocycles. The van der Waals surface area contributed by atoms with Crippen LogP contribution < -0.4 is 5.73 Å². The van der Waals surface area contributed by atoms with Gasteiger partial charge in [-0.2, -0.15) is 0 Å². The van der Waals surface area contributed by atoms with Crippen LogP contribution in [-0.4, -0.2) is 26.4 Å². The van der Waals surface area contributed by atoms with E-state index in [1.54, 1.807) is 0 Å². The lowest BCUT2D eigenvalue weighted by atomic mass is 10.4. The normalized spacial score (nSPS) is 12.8. The van der Waals surface area contributed by atoms with Gasteiger partial charge in [-0.25, -0.2) is 0 Å². The molecule has 0 aromatic heterocycles. The number of esters is 1. The number of hydrogen-bond donors (Lipinski definition) is 1. The fraction of sp³-hybridized carbons (Fsp3) is 0.800. The third-order valence-electron chi connectivity index (χ3n) is 0.898. The molecule has 0 spiro atoms. The second-order valence-electron chi connectivity index (χ2n) is 1.55. The average molecular weight is 133 g/mol. The number of rotatable bonds is 3. The van der Waals surface area contributed by atoms with Gasteiger partial charge < -0.3 is 15.2 Å². The molecule has 9 heavy (non-hydrogen) atoms. The van der Waals surface area contributed by atoms with Crippen LogP contribution in [0.1, 0.15) is 6.42 Å². The third-order valence-corrected chi connectivity index (χ3v) is 0.898. The first kappa shape index (κ1) is 8.39. The van der Waals surface area contributed by atoms with E-state index in [9.17, 15) is 4.79 Å². The number of nitrogens with two attached hydrogens (primary N) is 1. The standard InChI is InChI=1S/C5H11NO3/c1-8-4(6)3-5(7)9-2/h4H,3,6H2,1-2H3. The van der Waals surface area contributed by atoms with Crippen LogP contribution in [0.15, 0.2) is 0 Å². The Hall–Kier alpha value is -0.610. The lowest BCUT2D eigenvalue weighted by Crippen LogP contribution is -2.25. The van der Waals surface area contributed by atoms with Crippen molar-refractivity contribution in [3.63, 3.8) is 0 Å². The maximum absolute atomic E-state index is 10.4. The highest BCUT2D eigenvalue weighted by Crippen LogP contribution is 1.89. The summed E-state index contributed by atoms with van der Waals surface area (Å²) in [5, 5.41) is 0. The Bertz CT molecular complexity index is 94.2. The van der Waals surface area contributed by atoms with Crippen LogP contribution in [0.4, 0.5) is 0 Å². The van der Waals surface area contributed by atoms with Gasteiger partial charge in [-0.1, -0.05) is 0 Å². The van der Waals surface area contributed by atoms with Crippen molar-refractivity contribution in [2.75, 3.05) is 14.2 Å². The van der Waals surface area contributed by atoms with Gasteiger partial charge in [-0.15, -0.1) is 0 Å². The predicted molar refractivity (Wildman–Crippen MR) is 31.6 cm³/mol. The Kier molecular flexibility index (Phi) is 4.00. The van der Waals surface area contributed by atoms with Crippen LogP contribution in [0, 0.1) is 0 Å². The summed E-state index contributed by atoms with van der Waals surface area (Å²) in [6.45, 7) is 0. The van der Waals surface area contributed by atoms with Crippen LogP contribution in [0.3, 0.4) is 0 Å². The minimum atomic E-state index is -0.544. The Balaban J connectivity index is 3.34. The molecule has 0 aliphatic rings. The molecule has 0 bridgehead atoms. The van der Waals surface area contributed by atoms with Crippen molar-refractivity contribution in [1.29, 1.82) is 0 Å². The lowest BCUT2D eigenvalue weighted by molar-refractivity contribution is -0.143. The highest BCUT2D eigenvalue weighted by atomic mass is 16.5. The predicted octanol–water partition coefficient (Wildman–Crippen LogP) is -0.519. The molecule has 4 nitrogen and oxygen atoms in total. The molecule has 0 saturated carbocycles. The van der Waals surface area contributed by atoms with Crippen molar-refractivity contribution in [2.45, 2.75) is 12.6 Å². The Morgan fingerprint density at radius 2 is 2.22 bits per heavy atom. The third kappa shape index (κ3) is 3.93. The van der Waals surface area contributed by atoms with Crippen LogP contribution in [0.5, 0.6) is 0 Å². The van der Waals surface area contributed by atoms with Gasteiger partial charge in [0.15, 0.2) is 0 Å². The molecule has 2 N–H and O–H groups in total. The van der Waals surface area contributed by atoms with E-state index in [0.29, 0.717) is 0 Å². The molecule has 54 valence electrons. The summed E-state index contributed by atoms with van der Waals surface area (Å²) in [6, 6.07) is 0. The molecule has 0 rings (SSSR count). The van der Waals surface area contributed by atoms with Crippen LogP contribution in [0.25, 0.3) is 0 Å². The quantitative estimate of drug-likeness (QED) is 0.415. The summed E-state index contributed by atoms with van der Waals surface area (Å²) in [5.41, 5.74) is 5.23. The van der Waals surface area contributed by atoms with Gasteiger partial charge in [0, 0.05) is 7.11 Å². The minimum Gasteiger partial charge on any atom is -0.469 e. The zero-order chi connectivity index (χ0) is 7.28. The summed E-state index contributed by atoms with van der Waals surface area (Å²) in [7, 11) is 2.75. The fourth-order valence-electron chi connectivity index (χ4n) is 0.331. The van der Waals surface area contributed by atoms with E-state index >= 15 is 0 Å². The summed E-state index contributed by atoms with van der Waals surface area (Å²) in [5.74, 6) is -0.357. The van der Waals surface area contributed by atoms with Gasteiger partial charge in [0.25, 0.3) is 0 Å². The van der Waals surface area contributed by atoms with Crippen LogP contribution in [-0.2, 0) is 14.3 Å². The number of hydrogen-bond acceptors (Lipinski definition) is 4. The summed E-state index contributed by atoms with van der Waals surface area (Å²) in [6.07, 6.45) is -0.440. The molecule has 0 radical (unpaired) electrons. The van der Waals surface area contributed by atoms with Crippen molar-refractivity contribution >= 4 is 5.97 Å². The molecular formula is C5H11NO3. The Morgan fingerprint density at radius 3 is 2.56 bits per heavy atom. The topological polar surface area (TPSA) is 61.5 Å². The molecule has 0 aromatic rings. The van der Waals surface area contributed by atoms with Gasteiger partial charge in [-0.3, -0.25) is 4.79 Å². The molecule has 1 atom stereocenters. The average Bonchev–Trinajstić information content (AvgIpc) is 1.87. The van der Waals surface area contributed by atoms with E-state index in [2.05, 4.69) is 9.47 Å². The van der Waals surface area contributed by atoms with E-state index in [0.717, 1.165) is 0 Å². The van der Waals surface area contributed by atoms with Gasteiger partial charge in [-0.05, 0) is 0 Å². The molecule has 0 fully saturated rings. The smallest absolute Gasteiger partial charge is 0.309 e. The van der Waals surface area contributed by atoms with Crippen molar-refractivity contribution in [3.05, 3.63) is 0 Å². The number of carbonyl (C=O) groups is 1. The van der Waals surface area contributed by atoms with Crippen molar-refractivity contribution in [1.82, 2.24) is 0 Å². The number of ether oxygens (including phenoxy) is 2. The van der Waals surface area contributed by atoms with E-state index < -0.39 is 6.23 Å². The Labute approximate surface area is 53.9 Å². The molecule has 0 aliphatic carbocycles. The van der Waals surface area contributed by atoms with Crippen molar-refractivity contribution in [3.8, 4) is 0 Å². The van der Waals surface area contributed by atoms with Crippen LogP contribution in [0.2, 0.25) is 0 Å². The van der Waals surface area contributed by atoms with E-state index in [-0.39, 0.29) is 12.4 Å². The molecule has 4 heteroatoms. The van der Waals surface area contributed by atoms with Gasteiger partial charge in [0.05, 0.1) is 13.5 Å². The van der Waals surface area contributed by atoms with Crippen molar-refractivity contribution < 1.29 is 14.3 Å². The molecule has 0 aromatic carbocycles. The highest BCUT2D eigenvalue weighted by molar-refractivity contribution is 5.69. The molecular weight excluding hydrogens is 122 g/mol. The SMILES string of the molecule is COC(=O)CC(N)OC. The minimum absolute atomic E-state index is 0.104. The Morgan fingerprint density at radius 1 is 1.67 bits per heavy atom. The monoisotopic (exact) mass is 133 g/mol. The second-order valence-corrected chi connectivity index (χ2v) is 1.55. The molecule has 0 heterocycles. The van der Waals surface area contributed by atoms with E-state index in [1.807, 2.05) is 0 Å². The highest BCUT2D eigenvalue weighted by Gasteiger charge is 2.06.